The number of hydrogen-bond acceptors (Lipinski definition) is 4. The van der Waals surface area contributed by atoms with Crippen molar-refractivity contribution in [3.8, 4) is 0 Å². The molecule has 1 aromatic heterocycles. The highest BCUT2D eigenvalue weighted by atomic mass is 32.1. The van der Waals surface area contributed by atoms with Crippen LogP contribution in [-0.2, 0) is 4.79 Å². The maximum atomic E-state index is 13.0. The average Bonchev–Trinajstić information content (AvgIpc) is 2.96. The lowest BCUT2D eigenvalue weighted by Gasteiger charge is -2.27. The molecule has 0 saturated heterocycles. The third kappa shape index (κ3) is 4.13. The third-order valence-electron chi connectivity index (χ3n) is 3.43. The SMILES string of the molecule is CCN(C(=O)c1csc(NC(C)=O)n1)C(C)c1ccc(F)cc1. The van der Waals surface area contributed by atoms with Gasteiger partial charge in [0.05, 0.1) is 6.04 Å². The molecule has 2 rings (SSSR count). The monoisotopic (exact) mass is 335 g/mol. The summed E-state index contributed by atoms with van der Waals surface area (Å²) in [5.41, 5.74) is 1.13. The van der Waals surface area contributed by atoms with Crippen molar-refractivity contribution in [3.63, 3.8) is 0 Å². The minimum atomic E-state index is -0.310. The molecule has 0 aliphatic rings. The highest BCUT2D eigenvalue weighted by molar-refractivity contribution is 7.14. The van der Waals surface area contributed by atoms with E-state index in [1.807, 2.05) is 13.8 Å². The van der Waals surface area contributed by atoms with Crippen molar-refractivity contribution in [1.82, 2.24) is 9.88 Å². The number of nitrogens with zero attached hydrogens (tertiary/aromatic N) is 2. The third-order valence-corrected chi connectivity index (χ3v) is 4.19. The molecule has 0 spiro atoms. The molecular weight excluding hydrogens is 317 g/mol. The first-order chi connectivity index (χ1) is 10.9. The fourth-order valence-corrected chi connectivity index (χ4v) is 2.97. The Labute approximate surface area is 138 Å². The van der Waals surface area contributed by atoms with Crippen LogP contribution in [-0.4, -0.2) is 28.2 Å². The molecule has 5 nitrogen and oxygen atoms in total. The van der Waals surface area contributed by atoms with Crippen LogP contribution in [0.5, 0.6) is 0 Å². The van der Waals surface area contributed by atoms with Crippen molar-refractivity contribution < 1.29 is 14.0 Å². The number of carbonyl (C=O) groups is 2. The van der Waals surface area contributed by atoms with Gasteiger partial charge in [-0.1, -0.05) is 12.1 Å². The van der Waals surface area contributed by atoms with Crippen LogP contribution in [0.1, 0.15) is 42.9 Å². The zero-order valence-electron chi connectivity index (χ0n) is 13.2. The van der Waals surface area contributed by atoms with E-state index in [0.29, 0.717) is 11.7 Å². The number of anilines is 1. The Kier molecular flexibility index (Phi) is 5.44. The number of benzene rings is 1. The van der Waals surface area contributed by atoms with Gasteiger partial charge in [-0.05, 0) is 31.5 Å². The fraction of sp³-hybridized carbons (Fsp3) is 0.312. The molecule has 1 aromatic carbocycles. The van der Waals surface area contributed by atoms with Crippen molar-refractivity contribution in [2.45, 2.75) is 26.8 Å². The number of thiazole rings is 1. The largest absolute Gasteiger partial charge is 0.331 e. The summed E-state index contributed by atoms with van der Waals surface area (Å²) >= 11 is 1.20. The molecule has 2 aromatic rings. The van der Waals surface area contributed by atoms with Crippen LogP contribution in [0.4, 0.5) is 9.52 Å². The Balaban J connectivity index is 2.18. The zero-order chi connectivity index (χ0) is 17.0. The van der Waals surface area contributed by atoms with Gasteiger partial charge in [0, 0.05) is 18.8 Å². The van der Waals surface area contributed by atoms with Crippen LogP contribution in [0.15, 0.2) is 29.6 Å². The van der Waals surface area contributed by atoms with Crippen LogP contribution in [0, 0.1) is 5.82 Å². The van der Waals surface area contributed by atoms with Crippen LogP contribution < -0.4 is 5.32 Å². The van der Waals surface area contributed by atoms with Crippen molar-refractivity contribution in [3.05, 3.63) is 46.7 Å². The molecule has 23 heavy (non-hydrogen) atoms. The van der Waals surface area contributed by atoms with Gasteiger partial charge >= 0.3 is 0 Å². The van der Waals surface area contributed by atoms with Gasteiger partial charge in [-0.2, -0.15) is 0 Å². The smallest absolute Gasteiger partial charge is 0.273 e. The molecule has 7 heteroatoms. The first-order valence-electron chi connectivity index (χ1n) is 7.22. The van der Waals surface area contributed by atoms with Crippen molar-refractivity contribution in [2.24, 2.45) is 0 Å². The highest BCUT2D eigenvalue weighted by Crippen LogP contribution is 2.24. The summed E-state index contributed by atoms with van der Waals surface area (Å²) in [6, 6.07) is 5.88. The van der Waals surface area contributed by atoms with Crippen LogP contribution in [0.25, 0.3) is 0 Å². The van der Waals surface area contributed by atoms with Gasteiger partial charge in [0.25, 0.3) is 5.91 Å². The van der Waals surface area contributed by atoms with Gasteiger partial charge < -0.3 is 10.2 Å². The number of aromatic nitrogens is 1. The summed E-state index contributed by atoms with van der Waals surface area (Å²) in [6.07, 6.45) is 0. The van der Waals surface area contributed by atoms with E-state index in [0.717, 1.165) is 5.56 Å². The second kappa shape index (κ2) is 7.32. The number of hydrogen-bond donors (Lipinski definition) is 1. The van der Waals surface area contributed by atoms with Crippen molar-refractivity contribution in [1.29, 1.82) is 0 Å². The number of rotatable bonds is 5. The Bertz CT molecular complexity index is 700. The lowest BCUT2D eigenvalue weighted by Crippen LogP contribution is -2.33. The summed E-state index contributed by atoms with van der Waals surface area (Å²) in [5.74, 6) is -0.766. The summed E-state index contributed by atoms with van der Waals surface area (Å²) in [6.45, 7) is 5.64. The molecule has 122 valence electrons. The van der Waals surface area contributed by atoms with Gasteiger partial charge in [0.2, 0.25) is 5.91 Å². The summed E-state index contributed by atoms with van der Waals surface area (Å²) in [7, 11) is 0. The summed E-state index contributed by atoms with van der Waals surface area (Å²) < 4.78 is 13.0. The molecule has 0 saturated carbocycles. The molecule has 0 bridgehead atoms. The molecule has 0 aliphatic carbocycles. The number of amides is 2. The molecule has 2 amide bonds. The van der Waals surface area contributed by atoms with Crippen LogP contribution in [0.3, 0.4) is 0 Å². The van der Waals surface area contributed by atoms with Gasteiger partial charge in [0.15, 0.2) is 5.13 Å². The Morgan fingerprint density at radius 2 is 2.00 bits per heavy atom. The normalized spacial score (nSPS) is 11.8. The first-order valence-corrected chi connectivity index (χ1v) is 8.10. The standard InChI is InChI=1S/C16H18FN3O2S/c1-4-20(10(2)12-5-7-13(17)8-6-12)15(22)14-9-23-16(19-14)18-11(3)21/h5-10H,4H2,1-3H3,(H,18,19,21). The van der Waals surface area contributed by atoms with E-state index in [1.165, 1.54) is 30.4 Å². The Hall–Kier alpha value is -2.28. The van der Waals surface area contributed by atoms with E-state index in [2.05, 4.69) is 10.3 Å². The maximum Gasteiger partial charge on any atom is 0.273 e. The predicted molar refractivity (Wildman–Crippen MR) is 87.9 cm³/mol. The molecule has 0 radical (unpaired) electrons. The van der Waals surface area contributed by atoms with Crippen molar-refractivity contribution in [2.75, 3.05) is 11.9 Å². The predicted octanol–water partition coefficient (Wildman–Crippen LogP) is 3.46. The van der Waals surface area contributed by atoms with E-state index in [4.69, 9.17) is 0 Å². The number of carbonyl (C=O) groups excluding carboxylic acids is 2. The lowest BCUT2D eigenvalue weighted by molar-refractivity contribution is -0.114. The van der Waals surface area contributed by atoms with E-state index in [9.17, 15) is 14.0 Å². The molecule has 1 heterocycles. The summed E-state index contributed by atoms with van der Waals surface area (Å²) in [5, 5.41) is 4.57. The molecule has 0 aliphatic heterocycles. The molecule has 1 N–H and O–H groups in total. The zero-order valence-corrected chi connectivity index (χ0v) is 14.0. The first kappa shape index (κ1) is 17.1. The topological polar surface area (TPSA) is 62.3 Å². The van der Waals surface area contributed by atoms with Crippen LogP contribution >= 0.6 is 11.3 Å². The average molecular weight is 335 g/mol. The minimum absolute atomic E-state index is 0.209. The van der Waals surface area contributed by atoms with E-state index >= 15 is 0 Å². The van der Waals surface area contributed by atoms with Gasteiger partial charge in [-0.25, -0.2) is 9.37 Å². The molecule has 1 unspecified atom stereocenters. The van der Waals surface area contributed by atoms with E-state index in [1.54, 1.807) is 22.4 Å². The number of nitrogens with one attached hydrogen (secondary N) is 1. The number of halogens is 1. The van der Waals surface area contributed by atoms with Crippen molar-refractivity contribution >= 4 is 28.3 Å². The Morgan fingerprint density at radius 3 is 2.57 bits per heavy atom. The highest BCUT2D eigenvalue weighted by Gasteiger charge is 2.23. The quantitative estimate of drug-likeness (QED) is 0.910. The summed E-state index contributed by atoms with van der Waals surface area (Å²) in [4.78, 5) is 29.5. The minimum Gasteiger partial charge on any atom is -0.331 e. The fourth-order valence-electron chi connectivity index (χ4n) is 2.24. The lowest BCUT2D eigenvalue weighted by atomic mass is 10.1. The molecular formula is C16H18FN3O2S. The van der Waals surface area contributed by atoms with E-state index in [-0.39, 0.29) is 29.4 Å². The van der Waals surface area contributed by atoms with Gasteiger partial charge in [-0.3, -0.25) is 9.59 Å². The van der Waals surface area contributed by atoms with E-state index < -0.39 is 0 Å². The molecule has 0 fully saturated rings. The second-order valence-corrected chi connectivity index (χ2v) is 5.90. The van der Waals surface area contributed by atoms with Gasteiger partial charge in [-0.15, -0.1) is 11.3 Å². The Morgan fingerprint density at radius 1 is 1.35 bits per heavy atom. The maximum absolute atomic E-state index is 13.0. The van der Waals surface area contributed by atoms with Crippen LogP contribution in [0.2, 0.25) is 0 Å². The van der Waals surface area contributed by atoms with Gasteiger partial charge in [0.1, 0.15) is 11.5 Å². The second-order valence-electron chi connectivity index (χ2n) is 5.04. The molecule has 1 atom stereocenters.